The van der Waals surface area contributed by atoms with Crippen molar-refractivity contribution in [2.75, 3.05) is 0 Å². The third-order valence-corrected chi connectivity index (χ3v) is 4.74. The number of aromatic nitrogens is 2. The van der Waals surface area contributed by atoms with Crippen LogP contribution >= 0.6 is 11.8 Å². The van der Waals surface area contributed by atoms with Crippen molar-refractivity contribution in [1.82, 2.24) is 10.2 Å². The molecule has 5 nitrogen and oxygen atoms in total. The van der Waals surface area contributed by atoms with Crippen LogP contribution in [0.3, 0.4) is 0 Å². The lowest BCUT2D eigenvalue weighted by atomic mass is 10.0. The van der Waals surface area contributed by atoms with E-state index in [4.69, 9.17) is 8.83 Å². The van der Waals surface area contributed by atoms with Crippen LogP contribution in [-0.4, -0.2) is 21.2 Å². The van der Waals surface area contributed by atoms with E-state index in [-0.39, 0.29) is 11.0 Å². The molecule has 0 saturated heterocycles. The number of nitrogens with zero attached hydrogens (tertiary/aromatic N) is 2. The summed E-state index contributed by atoms with van der Waals surface area (Å²) in [5, 5.41) is 8.11. The van der Waals surface area contributed by atoms with Crippen LogP contribution in [0.5, 0.6) is 0 Å². The molecular formula is C18H18N2O3S. The SMILES string of the molecule is Cc1ccc(C)c(C(=O)[C@@H](C)Sc2nnc(-c3ccoc3C)o2)c1. The molecule has 0 amide bonds. The Hall–Kier alpha value is -2.34. The van der Waals surface area contributed by atoms with Gasteiger partial charge in [-0.05, 0) is 45.4 Å². The first-order chi connectivity index (χ1) is 11.5. The standard InChI is InChI=1S/C18H18N2O3S/c1-10-5-6-11(2)15(9-10)16(21)13(4)24-18-20-19-17(23-18)14-7-8-22-12(14)3/h5-9,13H,1-4H3/t13-/m1/s1. The third-order valence-electron chi connectivity index (χ3n) is 3.80. The van der Waals surface area contributed by atoms with Crippen molar-refractivity contribution < 1.29 is 13.6 Å². The van der Waals surface area contributed by atoms with Crippen LogP contribution in [0.1, 0.15) is 34.2 Å². The number of carbonyl (C=O) groups excluding carboxylic acids is 1. The molecule has 0 radical (unpaired) electrons. The Balaban J connectivity index is 1.76. The molecule has 6 heteroatoms. The summed E-state index contributed by atoms with van der Waals surface area (Å²) >= 11 is 1.26. The smallest absolute Gasteiger partial charge is 0.277 e. The minimum atomic E-state index is -0.316. The van der Waals surface area contributed by atoms with Crippen LogP contribution in [0.2, 0.25) is 0 Å². The fourth-order valence-corrected chi connectivity index (χ4v) is 3.15. The molecule has 1 aromatic carbocycles. The predicted octanol–water partition coefficient (Wildman–Crippen LogP) is 4.62. The second kappa shape index (κ2) is 6.65. The lowest BCUT2D eigenvalue weighted by Crippen LogP contribution is -2.15. The normalized spacial score (nSPS) is 12.3. The zero-order valence-corrected chi connectivity index (χ0v) is 14.8. The molecule has 0 aliphatic carbocycles. The maximum atomic E-state index is 12.7. The van der Waals surface area contributed by atoms with Gasteiger partial charge < -0.3 is 8.83 Å². The van der Waals surface area contributed by atoms with Gasteiger partial charge in [0.15, 0.2) is 5.78 Å². The average Bonchev–Trinajstić information content (AvgIpc) is 3.17. The summed E-state index contributed by atoms with van der Waals surface area (Å²) in [6.07, 6.45) is 1.58. The largest absolute Gasteiger partial charge is 0.469 e. The average molecular weight is 342 g/mol. The number of carbonyl (C=O) groups is 1. The fourth-order valence-electron chi connectivity index (χ4n) is 2.40. The van der Waals surface area contributed by atoms with Gasteiger partial charge in [-0.3, -0.25) is 4.79 Å². The fraction of sp³-hybridized carbons (Fsp3) is 0.278. The molecule has 0 aliphatic heterocycles. The van der Waals surface area contributed by atoms with Crippen molar-refractivity contribution in [3.8, 4) is 11.5 Å². The van der Waals surface area contributed by atoms with Crippen molar-refractivity contribution >= 4 is 17.5 Å². The summed E-state index contributed by atoms with van der Waals surface area (Å²) in [6, 6.07) is 7.67. The van der Waals surface area contributed by atoms with E-state index in [9.17, 15) is 4.79 Å². The summed E-state index contributed by atoms with van der Waals surface area (Å²) in [4.78, 5) is 12.7. The van der Waals surface area contributed by atoms with Gasteiger partial charge in [0.1, 0.15) is 5.76 Å². The molecule has 0 saturated carbocycles. The maximum absolute atomic E-state index is 12.7. The minimum Gasteiger partial charge on any atom is -0.469 e. The van der Waals surface area contributed by atoms with Crippen molar-refractivity contribution in [2.45, 2.75) is 38.2 Å². The van der Waals surface area contributed by atoms with Crippen molar-refractivity contribution in [3.05, 3.63) is 53.0 Å². The molecule has 124 valence electrons. The molecule has 0 N–H and O–H groups in total. The van der Waals surface area contributed by atoms with E-state index in [1.54, 1.807) is 12.3 Å². The van der Waals surface area contributed by atoms with E-state index in [1.807, 2.05) is 45.9 Å². The van der Waals surface area contributed by atoms with Crippen LogP contribution in [0.4, 0.5) is 0 Å². The molecule has 2 aromatic heterocycles. The van der Waals surface area contributed by atoms with E-state index in [1.165, 1.54) is 11.8 Å². The Morgan fingerprint density at radius 2 is 1.96 bits per heavy atom. The lowest BCUT2D eigenvalue weighted by Gasteiger charge is -2.10. The van der Waals surface area contributed by atoms with Crippen LogP contribution in [-0.2, 0) is 0 Å². The molecule has 3 rings (SSSR count). The van der Waals surface area contributed by atoms with Gasteiger partial charge in [-0.15, -0.1) is 10.2 Å². The first kappa shape index (κ1) is 16.5. The topological polar surface area (TPSA) is 69.1 Å². The van der Waals surface area contributed by atoms with Crippen molar-refractivity contribution in [2.24, 2.45) is 0 Å². The zero-order valence-electron chi connectivity index (χ0n) is 14.0. The molecular weight excluding hydrogens is 324 g/mol. The minimum absolute atomic E-state index is 0.0560. The molecule has 0 spiro atoms. The van der Waals surface area contributed by atoms with E-state index in [2.05, 4.69) is 10.2 Å². The Bertz CT molecular complexity index is 882. The monoisotopic (exact) mass is 342 g/mol. The molecule has 0 unspecified atom stereocenters. The number of benzene rings is 1. The van der Waals surface area contributed by atoms with Gasteiger partial charge in [0, 0.05) is 5.56 Å². The van der Waals surface area contributed by atoms with Crippen LogP contribution in [0.25, 0.3) is 11.5 Å². The number of Topliss-reactive ketones (excluding diaryl/α,β-unsaturated/α-hetero) is 1. The second-order valence-electron chi connectivity index (χ2n) is 5.71. The first-order valence-corrected chi connectivity index (χ1v) is 8.49. The van der Waals surface area contributed by atoms with E-state index in [0.29, 0.717) is 11.1 Å². The van der Waals surface area contributed by atoms with E-state index in [0.717, 1.165) is 28.0 Å². The molecule has 3 aromatic rings. The summed E-state index contributed by atoms with van der Waals surface area (Å²) < 4.78 is 10.9. The summed E-state index contributed by atoms with van der Waals surface area (Å²) in [6.45, 7) is 7.60. The van der Waals surface area contributed by atoms with E-state index < -0.39 is 0 Å². The number of rotatable bonds is 5. The van der Waals surface area contributed by atoms with Gasteiger partial charge >= 0.3 is 0 Å². The highest BCUT2D eigenvalue weighted by Crippen LogP contribution is 2.30. The number of aryl methyl sites for hydroxylation is 3. The van der Waals surface area contributed by atoms with Gasteiger partial charge in [0.25, 0.3) is 11.1 Å². The summed E-state index contributed by atoms with van der Waals surface area (Å²) in [5.74, 6) is 1.17. The predicted molar refractivity (Wildman–Crippen MR) is 92.3 cm³/mol. The van der Waals surface area contributed by atoms with Gasteiger partial charge in [0.05, 0.1) is 17.1 Å². The zero-order chi connectivity index (χ0) is 17.3. The number of hydrogen-bond acceptors (Lipinski definition) is 6. The molecule has 0 aliphatic rings. The van der Waals surface area contributed by atoms with Gasteiger partial charge in [0.2, 0.25) is 0 Å². The Labute approximate surface area is 144 Å². The van der Waals surface area contributed by atoms with Gasteiger partial charge in [-0.2, -0.15) is 0 Å². The number of furan rings is 1. The lowest BCUT2D eigenvalue weighted by molar-refractivity contribution is 0.0993. The van der Waals surface area contributed by atoms with Crippen LogP contribution < -0.4 is 0 Å². The quantitative estimate of drug-likeness (QED) is 0.498. The number of ketones is 1. The highest BCUT2D eigenvalue weighted by Gasteiger charge is 2.22. The van der Waals surface area contributed by atoms with Crippen molar-refractivity contribution in [1.29, 1.82) is 0 Å². The molecule has 1 atom stereocenters. The number of hydrogen-bond donors (Lipinski definition) is 0. The molecule has 2 heterocycles. The van der Waals surface area contributed by atoms with Crippen LogP contribution in [0.15, 0.2) is 44.6 Å². The molecule has 0 fully saturated rings. The first-order valence-electron chi connectivity index (χ1n) is 7.62. The van der Waals surface area contributed by atoms with Gasteiger partial charge in [-0.1, -0.05) is 29.5 Å². The second-order valence-corrected chi connectivity index (χ2v) is 7.00. The third kappa shape index (κ3) is 3.28. The van der Waals surface area contributed by atoms with Gasteiger partial charge in [-0.25, -0.2) is 0 Å². The van der Waals surface area contributed by atoms with E-state index >= 15 is 0 Å². The highest BCUT2D eigenvalue weighted by atomic mass is 32.2. The number of thioether (sulfide) groups is 1. The van der Waals surface area contributed by atoms with Crippen LogP contribution in [0, 0.1) is 20.8 Å². The molecule has 0 bridgehead atoms. The Kier molecular flexibility index (Phi) is 4.57. The molecule has 24 heavy (non-hydrogen) atoms. The Morgan fingerprint density at radius 1 is 1.17 bits per heavy atom. The Morgan fingerprint density at radius 3 is 2.67 bits per heavy atom. The van der Waals surface area contributed by atoms with Crippen molar-refractivity contribution in [3.63, 3.8) is 0 Å². The highest BCUT2D eigenvalue weighted by molar-refractivity contribution is 8.00. The summed E-state index contributed by atoms with van der Waals surface area (Å²) in [7, 11) is 0. The maximum Gasteiger partial charge on any atom is 0.277 e. The summed E-state index contributed by atoms with van der Waals surface area (Å²) in [5.41, 5.74) is 3.54.